The average molecular weight is 673 g/mol. The minimum atomic E-state index is 0.925. The first-order valence-corrected chi connectivity index (χ1v) is 18.8. The Balaban J connectivity index is 1.21. The molecule has 0 atom stereocenters. The number of fused-ring (bicyclic) bond motifs is 4. The molecule has 4 nitrogen and oxygen atoms in total. The molecule has 4 heteroatoms. The van der Waals surface area contributed by atoms with Gasteiger partial charge in [0.15, 0.2) is 0 Å². The van der Waals surface area contributed by atoms with E-state index in [2.05, 4.69) is 155 Å². The van der Waals surface area contributed by atoms with Crippen molar-refractivity contribution < 1.29 is 0 Å². The zero-order valence-electron chi connectivity index (χ0n) is 29.3. The lowest BCUT2D eigenvalue weighted by molar-refractivity contribution is 0.949. The number of nitrogens with zero attached hydrogens (tertiary/aromatic N) is 4. The van der Waals surface area contributed by atoms with Gasteiger partial charge < -0.3 is 9.80 Å². The zero-order chi connectivity index (χ0) is 34.4. The van der Waals surface area contributed by atoms with Crippen molar-refractivity contribution >= 4 is 44.0 Å². The molecule has 2 aromatic heterocycles. The maximum atomic E-state index is 5.51. The smallest absolute Gasteiger partial charge is 0.0978 e. The van der Waals surface area contributed by atoms with Crippen LogP contribution in [0.5, 0.6) is 0 Å². The quantitative estimate of drug-likeness (QED) is 0.165. The van der Waals surface area contributed by atoms with Gasteiger partial charge in [-0.15, -0.1) is 0 Å². The summed E-state index contributed by atoms with van der Waals surface area (Å²) in [5.41, 5.74) is 13.3. The maximum Gasteiger partial charge on any atom is 0.0978 e. The third-order valence-electron chi connectivity index (χ3n) is 11.2. The highest BCUT2D eigenvalue weighted by atomic mass is 15.1. The molecular formula is C48H40N4. The number of pyridine rings is 2. The molecule has 0 N–H and O–H groups in total. The first-order valence-electron chi connectivity index (χ1n) is 18.8. The van der Waals surface area contributed by atoms with Crippen LogP contribution in [0.15, 0.2) is 146 Å². The van der Waals surface area contributed by atoms with E-state index in [1.807, 2.05) is 0 Å². The summed E-state index contributed by atoms with van der Waals surface area (Å²) in [6.45, 7) is 4.54. The van der Waals surface area contributed by atoms with E-state index in [1.54, 1.807) is 0 Å². The van der Waals surface area contributed by atoms with Crippen LogP contribution >= 0.6 is 0 Å². The minimum Gasteiger partial charge on any atom is -0.372 e. The predicted molar refractivity (Wildman–Crippen MR) is 219 cm³/mol. The van der Waals surface area contributed by atoms with Gasteiger partial charge in [0.2, 0.25) is 0 Å². The van der Waals surface area contributed by atoms with Gasteiger partial charge in [0, 0.05) is 59.5 Å². The summed E-state index contributed by atoms with van der Waals surface area (Å²) in [5, 5.41) is 4.66. The summed E-state index contributed by atoms with van der Waals surface area (Å²) < 4.78 is 0. The highest BCUT2D eigenvalue weighted by Crippen LogP contribution is 2.40. The van der Waals surface area contributed by atoms with E-state index in [0.717, 1.165) is 70.5 Å². The number of hydrogen-bond acceptors (Lipinski definition) is 4. The van der Waals surface area contributed by atoms with Crippen LogP contribution in [0.25, 0.3) is 77.3 Å². The monoisotopic (exact) mass is 672 g/mol. The summed E-state index contributed by atoms with van der Waals surface area (Å²) in [6.07, 6.45) is 5.06. The zero-order valence-corrected chi connectivity index (χ0v) is 29.3. The first-order chi connectivity index (χ1) is 25.7. The molecule has 0 bridgehead atoms. The van der Waals surface area contributed by atoms with Crippen molar-refractivity contribution in [2.75, 3.05) is 36.0 Å². The molecule has 2 fully saturated rings. The van der Waals surface area contributed by atoms with Gasteiger partial charge in [-0.05, 0) is 101 Å². The van der Waals surface area contributed by atoms with E-state index in [1.165, 1.54) is 70.1 Å². The summed E-state index contributed by atoms with van der Waals surface area (Å²) in [5.74, 6) is 0. The Kier molecular flexibility index (Phi) is 7.67. The molecule has 2 aliphatic heterocycles. The highest BCUT2D eigenvalue weighted by Gasteiger charge is 2.19. The van der Waals surface area contributed by atoms with Gasteiger partial charge in [-0.25, -0.2) is 9.97 Å². The second-order valence-electron chi connectivity index (χ2n) is 14.4. The number of rotatable bonds is 6. The van der Waals surface area contributed by atoms with Crippen LogP contribution in [0, 0.1) is 0 Å². The lowest BCUT2D eigenvalue weighted by Crippen LogP contribution is -2.17. The first kappa shape index (κ1) is 30.8. The molecule has 0 amide bonds. The second-order valence-corrected chi connectivity index (χ2v) is 14.4. The average Bonchev–Trinajstić information content (AvgIpc) is 3.97. The fourth-order valence-electron chi connectivity index (χ4n) is 8.36. The van der Waals surface area contributed by atoms with Crippen LogP contribution in [0.3, 0.4) is 0 Å². The number of aromatic nitrogens is 2. The number of benzene rings is 6. The summed E-state index contributed by atoms with van der Waals surface area (Å²) >= 11 is 0. The van der Waals surface area contributed by atoms with E-state index in [0.29, 0.717) is 0 Å². The van der Waals surface area contributed by atoms with Crippen molar-refractivity contribution in [1.82, 2.24) is 9.97 Å². The van der Waals surface area contributed by atoms with E-state index < -0.39 is 0 Å². The lowest BCUT2D eigenvalue weighted by Gasteiger charge is -2.19. The van der Waals surface area contributed by atoms with Gasteiger partial charge in [0.25, 0.3) is 0 Å². The predicted octanol–water partition coefficient (Wildman–Crippen LogP) is 11.8. The van der Waals surface area contributed by atoms with Crippen molar-refractivity contribution in [2.24, 2.45) is 0 Å². The SMILES string of the molecule is c1ccc(-c2cc(-c3ccc(N4CCCC4)cc3)c3ccc4c(-c5ccc(N6CCCC6)cc5)cc(-c5ccc6ccccc6c5)nc4c3n2)cc1. The van der Waals surface area contributed by atoms with Crippen LogP contribution in [-0.2, 0) is 0 Å². The van der Waals surface area contributed by atoms with Gasteiger partial charge in [-0.2, -0.15) is 0 Å². The van der Waals surface area contributed by atoms with E-state index in [-0.39, 0.29) is 0 Å². The second kappa shape index (κ2) is 13.0. The Morgan fingerprint density at radius 3 is 1.37 bits per heavy atom. The molecule has 0 saturated carbocycles. The number of hydrogen-bond donors (Lipinski definition) is 0. The molecular weight excluding hydrogens is 633 g/mol. The third kappa shape index (κ3) is 5.56. The van der Waals surface area contributed by atoms with Crippen molar-refractivity contribution in [3.63, 3.8) is 0 Å². The Labute approximate surface area is 305 Å². The molecule has 0 aliphatic carbocycles. The van der Waals surface area contributed by atoms with Crippen LogP contribution in [0.1, 0.15) is 25.7 Å². The normalized spacial score (nSPS) is 14.6. The molecule has 252 valence electrons. The van der Waals surface area contributed by atoms with Crippen molar-refractivity contribution in [1.29, 1.82) is 0 Å². The molecule has 0 radical (unpaired) electrons. The van der Waals surface area contributed by atoms with Gasteiger partial charge in [-0.3, -0.25) is 0 Å². The third-order valence-corrected chi connectivity index (χ3v) is 11.2. The topological polar surface area (TPSA) is 32.3 Å². The molecule has 2 saturated heterocycles. The Hall–Kier alpha value is -6.00. The lowest BCUT2D eigenvalue weighted by atomic mass is 9.93. The van der Waals surface area contributed by atoms with Gasteiger partial charge >= 0.3 is 0 Å². The molecule has 0 spiro atoms. The minimum absolute atomic E-state index is 0.925. The van der Waals surface area contributed by atoms with Crippen LogP contribution < -0.4 is 9.80 Å². The van der Waals surface area contributed by atoms with E-state index in [9.17, 15) is 0 Å². The Morgan fingerprint density at radius 2 is 0.827 bits per heavy atom. The van der Waals surface area contributed by atoms with Gasteiger partial charge in [0.05, 0.1) is 22.4 Å². The fourth-order valence-corrected chi connectivity index (χ4v) is 8.36. The largest absolute Gasteiger partial charge is 0.372 e. The highest BCUT2D eigenvalue weighted by molar-refractivity contribution is 6.13. The van der Waals surface area contributed by atoms with Crippen molar-refractivity contribution in [2.45, 2.75) is 25.7 Å². The summed E-state index contributed by atoms with van der Waals surface area (Å²) in [7, 11) is 0. The summed E-state index contributed by atoms with van der Waals surface area (Å²) in [4.78, 5) is 15.9. The van der Waals surface area contributed by atoms with Crippen molar-refractivity contribution in [3.05, 3.63) is 146 Å². The molecule has 52 heavy (non-hydrogen) atoms. The van der Waals surface area contributed by atoms with E-state index in [4.69, 9.17) is 9.97 Å². The maximum absolute atomic E-state index is 5.51. The molecule has 4 heterocycles. The molecule has 8 aromatic rings. The van der Waals surface area contributed by atoms with Crippen molar-refractivity contribution in [3.8, 4) is 44.8 Å². The number of anilines is 2. The van der Waals surface area contributed by atoms with Crippen LogP contribution in [-0.4, -0.2) is 36.1 Å². The standard InChI is InChI=1S/C48H40N4/c1-2-11-36(12-3-1)45-31-43(34-16-20-39(21-17-34)51-26-6-7-27-51)41-24-25-42-44(35-18-22-40(23-19-35)52-28-8-9-29-52)32-46(50-48(42)47(41)49-45)38-15-14-33-10-4-5-13-37(33)30-38/h1-5,10-25,30-32H,6-9,26-29H2. The van der Waals surface area contributed by atoms with Gasteiger partial charge in [0.1, 0.15) is 0 Å². The Bertz CT molecular complexity index is 2560. The molecule has 6 aromatic carbocycles. The molecule has 0 unspecified atom stereocenters. The molecule has 2 aliphatic rings. The van der Waals surface area contributed by atoms with Gasteiger partial charge in [-0.1, -0.05) is 103 Å². The Morgan fingerprint density at radius 1 is 0.365 bits per heavy atom. The molecule has 10 rings (SSSR count). The van der Waals surface area contributed by atoms with Crippen LogP contribution in [0.4, 0.5) is 11.4 Å². The summed E-state index contributed by atoms with van der Waals surface area (Å²) in [6, 6.07) is 53.2. The van der Waals surface area contributed by atoms with Crippen LogP contribution in [0.2, 0.25) is 0 Å². The van der Waals surface area contributed by atoms with E-state index >= 15 is 0 Å². The fraction of sp³-hybridized carbons (Fsp3) is 0.167.